The van der Waals surface area contributed by atoms with E-state index in [-0.39, 0.29) is 33.6 Å². The number of anilines is 1. The molecule has 5 rings (SSSR count). The molecule has 0 amide bonds. The highest BCUT2D eigenvalue weighted by Crippen LogP contribution is 2.34. The summed E-state index contributed by atoms with van der Waals surface area (Å²) in [4.78, 5) is 17.2. The number of halogens is 3. The molecule has 0 saturated carbocycles. The molecule has 182 valence electrons. The van der Waals surface area contributed by atoms with E-state index in [0.29, 0.717) is 15.8 Å². The molecule has 0 spiro atoms. The van der Waals surface area contributed by atoms with Gasteiger partial charge in [-0.05, 0) is 54.1 Å². The Morgan fingerprint density at radius 2 is 1.92 bits per heavy atom. The Labute approximate surface area is 210 Å². The van der Waals surface area contributed by atoms with Crippen molar-refractivity contribution in [2.75, 3.05) is 11.8 Å². The van der Waals surface area contributed by atoms with Crippen LogP contribution >= 0.6 is 11.6 Å². The Hall–Kier alpha value is -4.02. The highest BCUT2D eigenvalue weighted by Gasteiger charge is 2.18. The van der Waals surface area contributed by atoms with Crippen LogP contribution in [0, 0.1) is 11.6 Å². The minimum absolute atomic E-state index is 0.0561. The predicted molar refractivity (Wildman–Crippen MR) is 133 cm³/mol. The third-order valence-corrected chi connectivity index (χ3v) is 6.64. The number of benzene rings is 3. The predicted octanol–water partition coefficient (Wildman–Crippen LogP) is 5.72. The van der Waals surface area contributed by atoms with Crippen LogP contribution in [0.1, 0.15) is 0 Å². The van der Waals surface area contributed by atoms with E-state index in [2.05, 4.69) is 9.71 Å². The highest BCUT2D eigenvalue weighted by atomic mass is 35.5. The van der Waals surface area contributed by atoms with Crippen molar-refractivity contribution in [1.29, 1.82) is 0 Å². The van der Waals surface area contributed by atoms with Crippen LogP contribution in [0.4, 0.5) is 14.8 Å². The fourth-order valence-corrected chi connectivity index (χ4v) is 4.84. The highest BCUT2D eigenvalue weighted by molar-refractivity contribution is 7.86. The molecule has 2 heterocycles. The summed E-state index contributed by atoms with van der Waals surface area (Å²) in [5.41, 5.74) is 0.412. The van der Waals surface area contributed by atoms with E-state index in [0.717, 1.165) is 18.2 Å². The Morgan fingerprint density at radius 1 is 1.08 bits per heavy atom. The quantitative estimate of drug-likeness (QED) is 0.305. The molecule has 1 unspecified atom stereocenters. The minimum Gasteiger partial charge on any atom is -0.495 e. The summed E-state index contributed by atoms with van der Waals surface area (Å²) in [7, 11) is -0.303. The molecule has 5 aromatic rings. The summed E-state index contributed by atoms with van der Waals surface area (Å²) in [6.45, 7) is 0. The molecular weight excluding hydrogens is 512 g/mol. The molecular formula is C25H16ClF2N3O4S. The molecule has 2 aromatic heterocycles. The van der Waals surface area contributed by atoms with Crippen LogP contribution in [0.25, 0.3) is 27.7 Å². The van der Waals surface area contributed by atoms with Crippen LogP contribution in [-0.4, -0.2) is 20.9 Å². The van der Waals surface area contributed by atoms with Gasteiger partial charge < -0.3 is 9.15 Å². The van der Waals surface area contributed by atoms with Gasteiger partial charge in [0, 0.05) is 28.1 Å². The molecule has 3 aromatic carbocycles. The number of aromatic nitrogens is 2. The fourth-order valence-electron chi connectivity index (χ4n) is 3.81. The van der Waals surface area contributed by atoms with E-state index >= 15 is 4.39 Å². The van der Waals surface area contributed by atoms with E-state index < -0.39 is 28.2 Å². The van der Waals surface area contributed by atoms with Crippen molar-refractivity contribution in [2.24, 2.45) is 0 Å². The lowest BCUT2D eigenvalue weighted by Crippen LogP contribution is -2.18. The number of nitrogens with zero attached hydrogens (tertiary/aromatic N) is 2. The Balaban J connectivity index is 1.62. The molecule has 1 N–H and O–H groups in total. The Kier molecular flexibility index (Phi) is 6.29. The van der Waals surface area contributed by atoms with Crippen molar-refractivity contribution < 1.29 is 22.1 Å². The van der Waals surface area contributed by atoms with Gasteiger partial charge in [0.25, 0.3) is 5.56 Å². The fraction of sp³-hybridized carbons (Fsp3) is 0.0400. The van der Waals surface area contributed by atoms with Gasteiger partial charge in [-0.15, -0.1) is 0 Å². The number of rotatable bonds is 6. The van der Waals surface area contributed by atoms with Crippen LogP contribution in [0.2, 0.25) is 5.02 Å². The number of oxazole rings is 1. The molecule has 11 heteroatoms. The molecule has 0 saturated heterocycles. The summed E-state index contributed by atoms with van der Waals surface area (Å²) in [5.74, 6) is -1.14. The molecule has 0 bridgehead atoms. The Bertz CT molecular complexity index is 1670. The van der Waals surface area contributed by atoms with Crippen molar-refractivity contribution in [1.82, 2.24) is 9.55 Å². The summed E-state index contributed by atoms with van der Waals surface area (Å²) < 4.78 is 56.3. The summed E-state index contributed by atoms with van der Waals surface area (Å²) in [5, 5.41) is 0.682. The Morgan fingerprint density at radius 3 is 2.64 bits per heavy atom. The molecule has 0 aliphatic rings. The average molecular weight is 528 g/mol. The lowest BCUT2D eigenvalue weighted by atomic mass is 10.0. The lowest BCUT2D eigenvalue weighted by molar-refractivity contribution is 0.412. The van der Waals surface area contributed by atoms with Crippen LogP contribution in [0.15, 0.2) is 87.2 Å². The monoisotopic (exact) mass is 527 g/mol. The van der Waals surface area contributed by atoms with Gasteiger partial charge in [-0.2, -0.15) is 0 Å². The second-order valence-corrected chi connectivity index (χ2v) is 9.25. The van der Waals surface area contributed by atoms with Gasteiger partial charge in [0.2, 0.25) is 0 Å². The van der Waals surface area contributed by atoms with Crippen molar-refractivity contribution in [2.45, 2.75) is 4.90 Å². The molecule has 36 heavy (non-hydrogen) atoms. The maximum atomic E-state index is 15.3. The average Bonchev–Trinajstić information content (AvgIpc) is 3.36. The topological polar surface area (TPSA) is 86.4 Å². The van der Waals surface area contributed by atoms with E-state index in [1.54, 1.807) is 24.3 Å². The SMILES string of the molecule is COc1cc(-c2cc(F)cc(Cl)c2)c(F)cc1-n1c(=O)ccc2cc(S(=O)Nc3ncco3)ccc21. The van der Waals surface area contributed by atoms with Gasteiger partial charge in [0.05, 0.1) is 29.4 Å². The molecule has 7 nitrogen and oxygen atoms in total. The van der Waals surface area contributed by atoms with Gasteiger partial charge in [-0.3, -0.25) is 14.1 Å². The number of fused-ring (bicyclic) bond motifs is 1. The first-order valence-electron chi connectivity index (χ1n) is 10.4. The number of hydrogen-bond acceptors (Lipinski definition) is 5. The van der Waals surface area contributed by atoms with Crippen molar-refractivity contribution >= 4 is 39.5 Å². The number of hydrogen-bond donors (Lipinski definition) is 1. The first-order valence-corrected chi connectivity index (χ1v) is 11.9. The van der Waals surface area contributed by atoms with Gasteiger partial charge >= 0.3 is 6.01 Å². The minimum atomic E-state index is -1.68. The first-order chi connectivity index (χ1) is 17.3. The smallest absolute Gasteiger partial charge is 0.306 e. The largest absolute Gasteiger partial charge is 0.495 e. The summed E-state index contributed by atoms with van der Waals surface area (Å²) in [6.07, 6.45) is 2.76. The molecule has 0 fully saturated rings. The van der Waals surface area contributed by atoms with Crippen LogP contribution in [0.3, 0.4) is 0 Å². The van der Waals surface area contributed by atoms with Gasteiger partial charge in [-0.25, -0.2) is 18.0 Å². The maximum Gasteiger partial charge on any atom is 0.306 e. The van der Waals surface area contributed by atoms with Crippen LogP contribution in [0.5, 0.6) is 5.75 Å². The van der Waals surface area contributed by atoms with Gasteiger partial charge in [0.1, 0.15) is 23.6 Å². The third-order valence-electron chi connectivity index (χ3n) is 5.38. The van der Waals surface area contributed by atoms with Crippen LogP contribution < -0.4 is 15.0 Å². The normalized spacial score (nSPS) is 12.0. The van der Waals surface area contributed by atoms with Crippen molar-refractivity contribution in [3.63, 3.8) is 0 Å². The van der Waals surface area contributed by atoms with E-state index in [9.17, 15) is 13.4 Å². The molecule has 0 aliphatic carbocycles. The summed E-state index contributed by atoms with van der Waals surface area (Å²) in [6, 6.07) is 14.0. The van der Waals surface area contributed by atoms with Crippen LogP contribution in [-0.2, 0) is 11.0 Å². The van der Waals surface area contributed by atoms with Crippen molar-refractivity contribution in [3.05, 3.63) is 100 Å². The maximum absolute atomic E-state index is 15.3. The standard InChI is InChI=1S/C25H16ClF2N3O4S/c1-34-23-12-19(15-8-16(26)11-17(27)9-15)20(28)13-22(23)31-21-4-3-18(10-14(21)2-5-24(31)32)36(33)30-25-29-6-7-35-25/h2-13H,1H3,(H,29,30). The number of methoxy groups -OCH3 is 1. The second-order valence-electron chi connectivity index (χ2n) is 7.60. The molecule has 1 atom stereocenters. The van der Waals surface area contributed by atoms with E-state index in [4.69, 9.17) is 20.8 Å². The number of nitrogens with one attached hydrogen (secondary N) is 1. The number of ether oxygens (including phenoxy) is 1. The first kappa shape index (κ1) is 23.7. The lowest BCUT2D eigenvalue weighted by Gasteiger charge is -2.16. The van der Waals surface area contributed by atoms with E-state index in [1.165, 1.54) is 42.3 Å². The van der Waals surface area contributed by atoms with Gasteiger partial charge in [-0.1, -0.05) is 11.6 Å². The van der Waals surface area contributed by atoms with E-state index in [1.807, 2.05) is 0 Å². The molecule has 0 aliphatic heterocycles. The zero-order valence-corrected chi connectivity index (χ0v) is 20.1. The summed E-state index contributed by atoms with van der Waals surface area (Å²) >= 11 is 5.94. The third kappa shape index (κ3) is 4.48. The second kappa shape index (κ2) is 9.56. The number of pyridine rings is 1. The van der Waals surface area contributed by atoms with Gasteiger partial charge in [0.15, 0.2) is 11.0 Å². The zero-order chi connectivity index (χ0) is 25.4. The van der Waals surface area contributed by atoms with Crippen molar-refractivity contribution in [3.8, 4) is 22.6 Å². The zero-order valence-electron chi connectivity index (χ0n) is 18.5. The molecule has 0 radical (unpaired) electrons.